The molecule has 19 rings (SSSR count). The Labute approximate surface area is 452 Å². The Bertz CT molecular complexity index is 4860. The molecule has 0 unspecified atom stereocenters. The summed E-state index contributed by atoms with van der Waals surface area (Å²) in [5.41, 5.74) is 7.82. The van der Waals surface area contributed by atoms with E-state index in [1.165, 1.54) is 61.9 Å². The molecule has 2 aliphatic heterocycles. The minimum absolute atomic E-state index is 0.700. The summed E-state index contributed by atoms with van der Waals surface area (Å²) < 4.78 is 40.0. The van der Waals surface area contributed by atoms with Crippen molar-refractivity contribution in [1.29, 1.82) is 0 Å². The van der Waals surface area contributed by atoms with Crippen LogP contribution in [0.25, 0.3) is 95.7 Å². The quantitative estimate of drug-likeness (QED) is 0.173. The summed E-state index contributed by atoms with van der Waals surface area (Å²) in [6, 6.07) is 82.9. The van der Waals surface area contributed by atoms with Gasteiger partial charge in [0.15, 0.2) is 0 Å². The van der Waals surface area contributed by atoms with Crippen molar-refractivity contribution in [3.63, 3.8) is 0 Å². The molecule has 78 heavy (non-hydrogen) atoms. The molecular formula is C70H38N2O4S2. The first kappa shape index (κ1) is 41.6. The standard InChI is InChI=1S/C70H38N2O4S2/c1-9-25-49-39(17-1)63-51(33-35-59-65(63)41-19-3-15-31-57(41)77-59)71(49)61-37-47-67(75-61)70(45-23-7-13-29-55(45)74-56-30-14-8-24-46(56)70)48-38-62(76-68(48)69(47)43-21-5-11-27-53(43)73-54-28-12-6-22-44(54)69)72-50-26-10-2-18-40(50)64-52(72)34-36-60-66(64)42-20-4-16-32-58(42)78-60/h1-38H. The van der Waals surface area contributed by atoms with E-state index in [-0.39, 0.29) is 0 Å². The number of fused-ring (bicyclic) bond motifs is 28. The lowest BCUT2D eigenvalue weighted by Gasteiger charge is -2.48. The first-order valence-corrected chi connectivity index (χ1v) is 28.0. The summed E-state index contributed by atoms with van der Waals surface area (Å²) in [5.74, 6) is 5.99. The highest BCUT2D eigenvalue weighted by Crippen LogP contribution is 2.68. The van der Waals surface area contributed by atoms with E-state index in [9.17, 15) is 0 Å². The first-order chi connectivity index (χ1) is 38.7. The van der Waals surface area contributed by atoms with Crippen LogP contribution in [-0.2, 0) is 10.8 Å². The molecule has 1 aliphatic carbocycles. The third-order valence-corrected chi connectivity index (χ3v) is 19.6. The van der Waals surface area contributed by atoms with Crippen molar-refractivity contribution in [2.45, 2.75) is 10.8 Å². The summed E-state index contributed by atoms with van der Waals surface area (Å²) in [5, 5.41) is 9.78. The van der Waals surface area contributed by atoms with Gasteiger partial charge in [-0.05, 0) is 72.8 Å². The SMILES string of the molecule is c1ccc2c(c1)Oc1ccccc1C21c2cc(-n3c4ccccc4c4c5c(ccc43)sc3ccccc35)oc2C2(c3ccccc3Oc3ccccc32)c2cc(-n3c4ccccc4c4c5c(ccc43)sc3ccccc35)oc21. The Balaban J connectivity index is 1.01. The van der Waals surface area contributed by atoms with E-state index >= 15 is 0 Å². The summed E-state index contributed by atoms with van der Waals surface area (Å²) in [6.07, 6.45) is 0. The Hall–Kier alpha value is -9.60. The molecule has 10 aromatic carbocycles. The number of nitrogens with zero attached hydrogens (tertiary/aromatic N) is 2. The van der Waals surface area contributed by atoms with Gasteiger partial charge in [-0.25, -0.2) is 0 Å². The zero-order chi connectivity index (χ0) is 50.6. The molecule has 3 aliphatic rings. The van der Waals surface area contributed by atoms with Gasteiger partial charge in [0.1, 0.15) is 45.3 Å². The third-order valence-electron chi connectivity index (χ3n) is 17.3. The lowest BCUT2D eigenvalue weighted by atomic mass is 9.54. The molecular weight excluding hydrogens is 997 g/mol. The van der Waals surface area contributed by atoms with Gasteiger partial charge in [0.05, 0.1) is 22.1 Å². The predicted octanol–water partition coefficient (Wildman–Crippen LogP) is 19.1. The maximum absolute atomic E-state index is 8.11. The van der Waals surface area contributed by atoms with Gasteiger partial charge in [-0.1, -0.05) is 146 Å². The van der Waals surface area contributed by atoms with Crippen LogP contribution in [0, 0.1) is 0 Å². The molecule has 0 amide bonds. The normalized spacial score (nSPS) is 14.6. The van der Waals surface area contributed by atoms with Crippen LogP contribution in [0.2, 0.25) is 0 Å². The number of hydrogen-bond donors (Lipinski definition) is 0. The van der Waals surface area contributed by atoms with Gasteiger partial charge >= 0.3 is 0 Å². The lowest BCUT2D eigenvalue weighted by molar-refractivity contribution is 0.348. The summed E-state index contributed by atoms with van der Waals surface area (Å²) in [6.45, 7) is 0. The molecule has 364 valence electrons. The largest absolute Gasteiger partial charge is 0.457 e. The fourth-order valence-corrected chi connectivity index (χ4v) is 16.6. The highest BCUT2D eigenvalue weighted by Gasteiger charge is 2.63. The predicted molar refractivity (Wildman–Crippen MR) is 316 cm³/mol. The molecule has 0 saturated carbocycles. The molecule has 6 aromatic heterocycles. The van der Waals surface area contributed by atoms with Crippen LogP contribution < -0.4 is 9.47 Å². The van der Waals surface area contributed by atoms with E-state index in [4.69, 9.17) is 18.3 Å². The lowest BCUT2D eigenvalue weighted by Crippen LogP contribution is -2.46. The van der Waals surface area contributed by atoms with Crippen molar-refractivity contribution in [2.75, 3.05) is 0 Å². The van der Waals surface area contributed by atoms with Crippen molar-refractivity contribution >= 4 is 107 Å². The van der Waals surface area contributed by atoms with E-state index < -0.39 is 10.8 Å². The fourth-order valence-electron chi connectivity index (χ4n) is 14.4. The third kappa shape index (κ3) is 4.91. The number of hydrogen-bond acceptors (Lipinski definition) is 6. The number of benzene rings is 10. The number of para-hydroxylation sites is 6. The maximum Gasteiger partial charge on any atom is 0.205 e. The molecule has 0 saturated heterocycles. The highest BCUT2D eigenvalue weighted by atomic mass is 32.1. The van der Waals surface area contributed by atoms with E-state index in [1.54, 1.807) is 0 Å². The Kier molecular flexibility index (Phi) is 7.82. The first-order valence-electron chi connectivity index (χ1n) is 26.4. The van der Waals surface area contributed by atoms with Crippen LogP contribution >= 0.6 is 22.7 Å². The van der Waals surface area contributed by atoms with E-state index in [0.717, 1.165) is 90.0 Å². The average molecular weight is 1040 g/mol. The molecule has 0 fully saturated rings. The van der Waals surface area contributed by atoms with Gasteiger partial charge in [-0.3, -0.25) is 9.13 Å². The van der Waals surface area contributed by atoms with E-state index in [2.05, 4.69) is 240 Å². The number of thiophene rings is 2. The Morgan fingerprint density at radius 3 is 1.04 bits per heavy atom. The van der Waals surface area contributed by atoms with Crippen LogP contribution in [0.5, 0.6) is 23.0 Å². The number of furan rings is 2. The topological polar surface area (TPSA) is 54.6 Å². The van der Waals surface area contributed by atoms with Gasteiger partial charge in [-0.2, -0.15) is 0 Å². The molecule has 8 heteroatoms. The monoisotopic (exact) mass is 1030 g/mol. The van der Waals surface area contributed by atoms with Crippen LogP contribution in [0.15, 0.2) is 239 Å². The molecule has 0 bridgehead atoms. The van der Waals surface area contributed by atoms with Crippen molar-refractivity contribution in [3.8, 4) is 34.8 Å². The number of rotatable bonds is 2. The molecule has 0 radical (unpaired) electrons. The molecule has 6 nitrogen and oxygen atoms in total. The van der Waals surface area contributed by atoms with Crippen LogP contribution in [0.3, 0.4) is 0 Å². The van der Waals surface area contributed by atoms with Gasteiger partial charge in [0.25, 0.3) is 0 Å². The van der Waals surface area contributed by atoms with Crippen molar-refractivity contribution in [2.24, 2.45) is 0 Å². The minimum Gasteiger partial charge on any atom is -0.457 e. The molecule has 2 spiro atoms. The maximum atomic E-state index is 8.11. The summed E-state index contributed by atoms with van der Waals surface area (Å²) in [4.78, 5) is 0. The smallest absolute Gasteiger partial charge is 0.205 e. The summed E-state index contributed by atoms with van der Waals surface area (Å²) >= 11 is 3.69. The van der Waals surface area contributed by atoms with Gasteiger partial charge < -0.3 is 18.3 Å². The van der Waals surface area contributed by atoms with Crippen molar-refractivity contribution < 1.29 is 18.3 Å². The second kappa shape index (κ2) is 14.7. The molecule has 0 N–H and O–H groups in total. The Morgan fingerprint density at radius 2 is 0.628 bits per heavy atom. The van der Waals surface area contributed by atoms with Gasteiger partial charge in [0.2, 0.25) is 11.8 Å². The minimum atomic E-state index is -1.10. The number of aromatic nitrogens is 2. The van der Waals surface area contributed by atoms with Crippen LogP contribution in [0.1, 0.15) is 44.9 Å². The van der Waals surface area contributed by atoms with Gasteiger partial charge in [-0.15, -0.1) is 22.7 Å². The molecule has 8 heterocycles. The number of ether oxygens (including phenoxy) is 2. The van der Waals surface area contributed by atoms with Crippen LogP contribution in [0.4, 0.5) is 0 Å². The van der Waals surface area contributed by atoms with Crippen molar-refractivity contribution in [3.05, 3.63) is 275 Å². The van der Waals surface area contributed by atoms with Gasteiger partial charge in [0, 0.05) is 107 Å². The van der Waals surface area contributed by atoms with E-state index in [1.807, 2.05) is 22.7 Å². The zero-order valence-electron chi connectivity index (χ0n) is 41.3. The van der Waals surface area contributed by atoms with Crippen molar-refractivity contribution in [1.82, 2.24) is 9.13 Å². The fraction of sp³-hybridized carbons (Fsp3) is 0.0286. The molecule has 16 aromatic rings. The van der Waals surface area contributed by atoms with Crippen LogP contribution in [-0.4, -0.2) is 9.13 Å². The summed E-state index contributed by atoms with van der Waals surface area (Å²) in [7, 11) is 0. The Morgan fingerprint density at radius 1 is 0.282 bits per heavy atom. The van der Waals surface area contributed by atoms with E-state index in [0.29, 0.717) is 11.8 Å². The average Bonchev–Trinajstić information content (AvgIpc) is 3.58. The second-order valence-electron chi connectivity index (χ2n) is 20.9. The second-order valence-corrected chi connectivity index (χ2v) is 23.1. The zero-order valence-corrected chi connectivity index (χ0v) is 42.9. The highest BCUT2D eigenvalue weighted by molar-refractivity contribution is 7.26. The molecule has 0 atom stereocenters.